The Kier molecular flexibility index (Phi) is 6.09. The van der Waals surface area contributed by atoms with E-state index in [-0.39, 0.29) is 12.1 Å². The molecule has 24 heavy (non-hydrogen) atoms. The number of benzene rings is 1. The van der Waals surface area contributed by atoms with Gasteiger partial charge in [-0.05, 0) is 29.6 Å². The Labute approximate surface area is 150 Å². The highest BCUT2D eigenvalue weighted by atomic mass is 35.5. The second-order valence-electron chi connectivity index (χ2n) is 5.52. The van der Waals surface area contributed by atoms with Gasteiger partial charge in [0.15, 0.2) is 0 Å². The number of ether oxygens (including phenoxy) is 1. The predicted molar refractivity (Wildman–Crippen MR) is 97.9 cm³/mol. The molecule has 5 nitrogen and oxygen atoms in total. The Balaban J connectivity index is 1.59. The Hall–Kier alpha value is -1.60. The van der Waals surface area contributed by atoms with Crippen molar-refractivity contribution in [1.82, 2.24) is 10.2 Å². The number of thiophene rings is 1. The van der Waals surface area contributed by atoms with E-state index in [1.54, 1.807) is 29.5 Å². The lowest BCUT2D eigenvalue weighted by atomic mass is 10.2. The molecule has 0 unspecified atom stereocenters. The summed E-state index contributed by atoms with van der Waals surface area (Å²) >= 11 is 7.65. The average Bonchev–Trinajstić information content (AvgIpc) is 3.10. The van der Waals surface area contributed by atoms with Crippen molar-refractivity contribution in [3.05, 3.63) is 51.7 Å². The molecular formula is C17H20ClN3O2S. The summed E-state index contributed by atoms with van der Waals surface area (Å²) in [6.07, 6.45) is 0. The molecule has 0 aliphatic carbocycles. The van der Waals surface area contributed by atoms with E-state index in [2.05, 4.69) is 27.0 Å². The Morgan fingerprint density at radius 1 is 1.29 bits per heavy atom. The zero-order valence-electron chi connectivity index (χ0n) is 13.2. The number of hydrogen-bond donors (Lipinski definition) is 2. The van der Waals surface area contributed by atoms with Crippen LogP contribution >= 0.6 is 22.9 Å². The number of nitrogens with zero attached hydrogens (tertiary/aromatic N) is 1. The van der Waals surface area contributed by atoms with Crippen molar-refractivity contribution >= 4 is 34.7 Å². The number of urea groups is 1. The first-order chi connectivity index (χ1) is 11.7. The molecule has 0 bridgehead atoms. The van der Waals surface area contributed by atoms with E-state index >= 15 is 0 Å². The minimum atomic E-state index is -0.230. The van der Waals surface area contributed by atoms with Crippen LogP contribution in [-0.4, -0.2) is 43.8 Å². The first kappa shape index (κ1) is 17.2. The smallest absolute Gasteiger partial charge is 0.319 e. The van der Waals surface area contributed by atoms with Crippen LogP contribution in [0.3, 0.4) is 0 Å². The molecule has 1 aromatic heterocycles. The quantitative estimate of drug-likeness (QED) is 0.851. The third kappa shape index (κ3) is 4.70. The van der Waals surface area contributed by atoms with Gasteiger partial charge in [0.2, 0.25) is 0 Å². The van der Waals surface area contributed by atoms with Crippen LogP contribution in [0.4, 0.5) is 10.5 Å². The van der Waals surface area contributed by atoms with Gasteiger partial charge in [0.1, 0.15) is 0 Å². The first-order valence-electron chi connectivity index (χ1n) is 7.88. The molecule has 7 heteroatoms. The van der Waals surface area contributed by atoms with Gasteiger partial charge in [0.05, 0.1) is 19.3 Å². The first-order valence-corrected chi connectivity index (χ1v) is 9.14. The molecule has 2 heterocycles. The van der Waals surface area contributed by atoms with Gasteiger partial charge in [0, 0.05) is 35.2 Å². The molecule has 1 aromatic carbocycles. The van der Waals surface area contributed by atoms with Crippen LogP contribution in [0.1, 0.15) is 10.9 Å². The van der Waals surface area contributed by atoms with Crippen molar-refractivity contribution in [2.75, 3.05) is 38.2 Å². The lowest BCUT2D eigenvalue weighted by Crippen LogP contribution is -2.44. The van der Waals surface area contributed by atoms with Gasteiger partial charge in [-0.2, -0.15) is 0 Å². The molecule has 2 aromatic rings. The summed E-state index contributed by atoms with van der Waals surface area (Å²) in [4.78, 5) is 15.8. The summed E-state index contributed by atoms with van der Waals surface area (Å²) < 4.78 is 5.43. The fourth-order valence-corrected chi connectivity index (χ4v) is 3.76. The molecule has 1 saturated heterocycles. The minimum absolute atomic E-state index is 0.166. The number of morpholine rings is 1. The molecule has 3 rings (SSSR count). The van der Waals surface area contributed by atoms with E-state index in [0.717, 1.165) is 26.3 Å². The summed E-state index contributed by atoms with van der Waals surface area (Å²) in [6.45, 7) is 3.76. The summed E-state index contributed by atoms with van der Waals surface area (Å²) in [5, 5.41) is 8.44. The van der Waals surface area contributed by atoms with Crippen LogP contribution in [0, 0.1) is 0 Å². The van der Waals surface area contributed by atoms with Gasteiger partial charge >= 0.3 is 6.03 Å². The van der Waals surface area contributed by atoms with Crippen LogP contribution in [0.5, 0.6) is 0 Å². The summed E-state index contributed by atoms with van der Waals surface area (Å²) in [5.41, 5.74) is 0.680. The van der Waals surface area contributed by atoms with Gasteiger partial charge in [-0.1, -0.05) is 23.7 Å². The molecule has 0 saturated carbocycles. The Morgan fingerprint density at radius 3 is 2.83 bits per heavy atom. The van der Waals surface area contributed by atoms with Crippen LogP contribution in [-0.2, 0) is 4.74 Å². The zero-order chi connectivity index (χ0) is 16.8. The highest BCUT2D eigenvalue weighted by Gasteiger charge is 2.23. The Bertz CT molecular complexity index is 660. The highest BCUT2D eigenvalue weighted by Crippen LogP contribution is 2.25. The third-order valence-electron chi connectivity index (χ3n) is 3.90. The van der Waals surface area contributed by atoms with E-state index in [1.165, 1.54) is 4.88 Å². The molecule has 0 spiro atoms. The van der Waals surface area contributed by atoms with Crippen LogP contribution in [0.2, 0.25) is 5.02 Å². The maximum absolute atomic E-state index is 12.2. The van der Waals surface area contributed by atoms with E-state index in [0.29, 0.717) is 17.3 Å². The lowest BCUT2D eigenvalue weighted by Gasteiger charge is -2.34. The number of rotatable bonds is 5. The van der Waals surface area contributed by atoms with Crippen LogP contribution < -0.4 is 10.6 Å². The highest BCUT2D eigenvalue weighted by molar-refractivity contribution is 7.10. The fraction of sp³-hybridized carbons (Fsp3) is 0.353. The van der Waals surface area contributed by atoms with Crippen LogP contribution in [0.15, 0.2) is 41.8 Å². The monoisotopic (exact) mass is 365 g/mol. The molecule has 0 radical (unpaired) electrons. The number of anilines is 1. The molecule has 2 amide bonds. The van der Waals surface area contributed by atoms with Crippen molar-refractivity contribution in [1.29, 1.82) is 0 Å². The number of halogens is 1. The van der Waals surface area contributed by atoms with Crippen molar-refractivity contribution in [3.8, 4) is 0 Å². The number of hydrogen-bond acceptors (Lipinski definition) is 4. The SMILES string of the molecule is O=C(NC[C@H](c1cccs1)N1CCOCC1)Nc1cccc(Cl)c1. The maximum Gasteiger partial charge on any atom is 0.319 e. The van der Waals surface area contributed by atoms with E-state index < -0.39 is 0 Å². The molecule has 1 atom stereocenters. The molecule has 1 aliphatic rings. The second kappa shape index (κ2) is 8.48. The standard InChI is InChI=1S/C17H20ClN3O2S/c18-13-3-1-4-14(11-13)20-17(22)19-12-15(16-5-2-10-24-16)21-6-8-23-9-7-21/h1-5,10-11,15H,6-9,12H2,(H2,19,20,22)/t15-/m1/s1. The normalized spacial score (nSPS) is 16.5. The minimum Gasteiger partial charge on any atom is -0.379 e. The number of carbonyl (C=O) groups excluding carboxylic acids is 1. The largest absolute Gasteiger partial charge is 0.379 e. The van der Waals surface area contributed by atoms with Crippen molar-refractivity contribution in [2.24, 2.45) is 0 Å². The molecule has 128 valence electrons. The lowest BCUT2D eigenvalue weighted by molar-refractivity contribution is 0.0175. The average molecular weight is 366 g/mol. The van der Waals surface area contributed by atoms with Gasteiger partial charge in [-0.25, -0.2) is 4.79 Å². The van der Waals surface area contributed by atoms with Gasteiger partial charge in [-0.15, -0.1) is 11.3 Å². The summed E-state index contributed by atoms with van der Waals surface area (Å²) in [6, 6.07) is 11.2. The van der Waals surface area contributed by atoms with E-state index in [1.807, 2.05) is 12.1 Å². The van der Waals surface area contributed by atoms with Gasteiger partial charge in [0.25, 0.3) is 0 Å². The van der Waals surface area contributed by atoms with Crippen molar-refractivity contribution < 1.29 is 9.53 Å². The summed E-state index contributed by atoms with van der Waals surface area (Å²) in [7, 11) is 0. The number of nitrogens with one attached hydrogen (secondary N) is 2. The predicted octanol–water partition coefficient (Wildman–Crippen LogP) is 3.60. The molecule has 1 aliphatic heterocycles. The zero-order valence-corrected chi connectivity index (χ0v) is 14.8. The van der Waals surface area contributed by atoms with E-state index in [4.69, 9.17) is 16.3 Å². The van der Waals surface area contributed by atoms with Crippen molar-refractivity contribution in [2.45, 2.75) is 6.04 Å². The molecule has 2 N–H and O–H groups in total. The summed E-state index contributed by atoms with van der Waals surface area (Å²) in [5.74, 6) is 0. The van der Waals surface area contributed by atoms with Gasteiger partial charge < -0.3 is 15.4 Å². The number of carbonyl (C=O) groups is 1. The van der Waals surface area contributed by atoms with E-state index in [9.17, 15) is 4.79 Å². The molecule has 1 fully saturated rings. The Morgan fingerprint density at radius 2 is 2.12 bits per heavy atom. The maximum atomic E-state index is 12.2. The second-order valence-corrected chi connectivity index (χ2v) is 6.94. The van der Waals surface area contributed by atoms with Gasteiger partial charge in [-0.3, -0.25) is 4.90 Å². The van der Waals surface area contributed by atoms with Crippen molar-refractivity contribution in [3.63, 3.8) is 0 Å². The fourth-order valence-electron chi connectivity index (χ4n) is 2.71. The third-order valence-corrected chi connectivity index (χ3v) is 5.11. The topological polar surface area (TPSA) is 53.6 Å². The molecular weight excluding hydrogens is 346 g/mol. The number of amides is 2. The van der Waals surface area contributed by atoms with Crippen LogP contribution in [0.25, 0.3) is 0 Å².